The van der Waals surface area contributed by atoms with Gasteiger partial charge in [0.15, 0.2) is 5.76 Å². The second-order valence-corrected chi connectivity index (χ2v) is 10.00. The van der Waals surface area contributed by atoms with Gasteiger partial charge in [0.25, 0.3) is 5.91 Å². The van der Waals surface area contributed by atoms with Gasteiger partial charge in [0, 0.05) is 22.8 Å². The zero-order chi connectivity index (χ0) is 24.4. The van der Waals surface area contributed by atoms with Gasteiger partial charge in [-0.25, -0.2) is 4.39 Å². The summed E-state index contributed by atoms with van der Waals surface area (Å²) in [6, 6.07) is 14.4. The van der Waals surface area contributed by atoms with E-state index in [-0.39, 0.29) is 23.5 Å². The van der Waals surface area contributed by atoms with E-state index in [1.165, 1.54) is 22.8 Å². The molecule has 3 aromatic heterocycles. The van der Waals surface area contributed by atoms with Crippen LogP contribution < -0.4 is 15.1 Å². The third kappa shape index (κ3) is 4.72. The van der Waals surface area contributed by atoms with E-state index in [9.17, 15) is 9.18 Å². The van der Waals surface area contributed by atoms with Crippen molar-refractivity contribution in [1.29, 1.82) is 0 Å². The summed E-state index contributed by atoms with van der Waals surface area (Å²) >= 11 is 1.59. The minimum Gasteiger partial charge on any atom is -0.459 e. The summed E-state index contributed by atoms with van der Waals surface area (Å²) in [5.74, 6) is -0.169. The topological polar surface area (TPSA) is 62.8 Å². The Balaban J connectivity index is 1.47. The molecule has 1 aliphatic rings. The number of thiophene rings is 1. The predicted molar refractivity (Wildman–Crippen MR) is 136 cm³/mol. The molecule has 1 saturated heterocycles. The molecule has 0 aliphatic carbocycles. The Bertz CT molecular complexity index is 1300. The van der Waals surface area contributed by atoms with Crippen molar-refractivity contribution < 1.29 is 18.5 Å². The van der Waals surface area contributed by atoms with Crippen LogP contribution in [0.25, 0.3) is 0 Å². The van der Waals surface area contributed by atoms with Crippen LogP contribution in [-0.4, -0.2) is 37.1 Å². The van der Waals surface area contributed by atoms with Crippen LogP contribution in [0, 0.1) is 19.7 Å². The van der Waals surface area contributed by atoms with E-state index in [1.807, 2.05) is 24.4 Å². The van der Waals surface area contributed by atoms with Crippen molar-refractivity contribution in [1.82, 2.24) is 4.98 Å². The standard InChI is InChI=1S/C27H27FN4O2S/c1-18-19(2)35-27(30-26(33)23-10-6-16-34-23)24(18)25(20-7-5-11-29-17-20)32-14-12-31(13-15-32)22-9-4-3-8-21(22)28/h3-11,16-17,25H,12-15H2,1-2H3,(H,30,33)/p+1. The Morgan fingerprint density at radius 1 is 1.14 bits per heavy atom. The SMILES string of the molecule is Cc1sc(NC(=O)c2ccco2)c(C(c2cccnc2)[NH+]2CCN(c3ccccc3F)CC2)c1C. The van der Waals surface area contributed by atoms with Crippen molar-refractivity contribution in [2.75, 3.05) is 36.4 Å². The Labute approximate surface area is 208 Å². The van der Waals surface area contributed by atoms with E-state index in [0.29, 0.717) is 5.69 Å². The van der Waals surface area contributed by atoms with Crippen LogP contribution in [0.2, 0.25) is 0 Å². The van der Waals surface area contributed by atoms with E-state index >= 15 is 0 Å². The maximum absolute atomic E-state index is 14.4. The number of hydrogen-bond donors (Lipinski definition) is 2. The quantitative estimate of drug-likeness (QED) is 0.424. The number of nitrogens with zero attached hydrogens (tertiary/aromatic N) is 2. The average molecular weight is 492 g/mol. The third-order valence-electron chi connectivity index (χ3n) is 6.72. The molecule has 1 unspecified atom stereocenters. The fourth-order valence-electron chi connectivity index (χ4n) is 4.84. The number of halogens is 1. The van der Waals surface area contributed by atoms with Crippen LogP contribution in [0.5, 0.6) is 0 Å². The van der Waals surface area contributed by atoms with Crippen LogP contribution in [0.15, 0.2) is 71.6 Å². The van der Waals surface area contributed by atoms with Crippen LogP contribution >= 0.6 is 11.3 Å². The molecule has 8 heteroatoms. The molecule has 1 atom stereocenters. The van der Waals surface area contributed by atoms with Crippen LogP contribution in [0.4, 0.5) is 15.1 Å². The normalized spacial score (nSPS) is 15.2. The second-order valence-electron chi connectivity index (χ2n) is 8.77. The molecular weight excluding hydrogens is 463 g/mol. The molecule has 4 heterocycles. The first-order valence-electron chi connectivity index (χ1n) is 11.7. The van der Waals surface area contributed by atoms with Gasteiger partial charge in [0.05, 0.1) is 43.7 Å². The van der Waals surface area contributed by atoms with E-state index in [4.69, 9.17) is 4.42 Å². The first-order chi connectivity index (χ1) is 17.0. The molecule has 0 saturated carbocycles. The molecular formula is C27H28FN4O2S+. The van der Waals surface area contributed by atoms with Crippen molar-refractivity contribution in [3.63, 3.8) is 0 Å². The lowest BCUT2D eigenvalue weighted by molar-refractivity contribution is -0.926. The predicted octanol–water partition coefficient (Wildman–Crippen LogP) is 4.24. The fourth-order valence-corrected chi connectivity index (χ4v) is 5.94. The Kier molecular flexibility index (Phi) is 6.66. The lowest BCUT2D eigenvalue weighted by Gasteiger charge is -2.38. The molecule has 0 radical (unpaired) electrons. The van der Waals surface area contributed by atoms with Crippen LogP contribution in [0.3, 0.4) is 0 Å². The lowest BCUT2D eigenvalue weighted by Crippen LogP contribution is -3.15. The zero-order valence-electron chi connectivity index (χ0n) is 19.8. The highest BCUT2D eigenvalue weighted by molar-refractivity contribution is 7.16. The van der Waals surface area contributed by atoms with Gasteiger partial charge in [-0.3, -0.25) is 9.78 Å². The molecule has 0 spiro atoms. The highest BCUT2D eigenvalue weighted by Gasteiger charge is 2.35. The third-order valence-corrected chi connectivity index (χ3v) is 7.86. The number of amides is 1. The van der Waals surface area contributed by atoms with Gasteiger partial charge in [-0.1, -0.05) is 12.1 Å². The minimum absolute atomic E-state index is 0.0108. The highest BCUT2D eigenvalue weighted by atomic mass is 32.1. The molecule has 6 nitrogen and oxygen atoms in total. The number of carbonyl (C=O) groups excluding carboxylic acids is 1. The maximum atomic E-state index is 14.4. The molecule has 35 heavy (non-hydrogen) atoms. The molecule has 2 N–H and O–H groups in total. The Morgan fingerprint density at radius 3 is 2.63 bits per heavy atom. The van der Waals surface area contributed by atoms with Gasteiger partial charge in [0.1, 0.15) is 16.9 Å². The van der Waals surface area contributed by atoms with Crippen molar-refractivity contribution in [3.05, 3.63) is 100 Å². The molecule has 1 aromatic carbocycles. The minimum atomic E-state index is -0.262. The number of hydrogen-bond acceptors (Lipinski definition) is 5. The van der Waals surface area contributed by atoms with E-state index in [0.717, 1.165) is 47.2 Å². The second kappa shape index (κ2) is 10.0. The summed E-state index contributed by atoms with van der Waals surface area (Å²) in [6.07, 6.45) is 5.18. The van der Waals surface area contributed by atoms with Gasteiger partial charge in [-0.05, 0) is 55.8 Å². The van der Waals surface area contributed by atoms with Gasteiger partial charge >= 0.3 is 0 Å². The first kappa shape index (κ1) is 23.3. The lowest BCUT2D eigenvalue weighted by atomic mass is 9.95. The number of para-hydroxylation sites is 1. The molecule has 0 bridgehead atoms. The number of carbonyl (C=O) groups is 1. The molecule has 1 aliphatic heterocycles. The first-order valence-corrected chi connectivity index (χ1v) is 12.5. The van der Waals surface area contributed by atoms with Crippen molar-refractivity contribution in [2.45, 2.75) is 19.9 Å². The van der Waals surface area contributed by atoms with Crippen LogP contribution in [0.1, 0.15) is 38.2 Å². The zero-order valence-corrected chi connectivity index (χ0v) is 20.6. The number of rotatable bonds is 6. The maximum Gasteiger partial charge on any atom is 0.291 e. The van der Waals surface area contributed by atoms with Crippen molar-refractivity contribution in [2.24, 2.45) is 0 Å². The summed E-state index contributed by atoms with van der Waals surface area (Å²) in [6.45, 7) is 7.33. The summed E-state index contributed by atoms with van der Waals surface area (Å²) in [5, 5.41) is 3.93. The summed E-state index contributed by atoms with van der Waals surface area (Å²) in [5.41, 5.74) is 4.02. The number of aryl methyl sites for hydroxylation is 1. The number of nitrogens with one attached hydrogen (secondary N) is 2. The number of pyridine rings is 1. The molecule has 1 amide bonds. The number of furan rings is 1. The van der Waals surface area contributed by atoms with E-state index in [1.54, 1.807) is 35.7 Å². The van der Waals surface area contributed by atoms with Crippen molar-refractivity contribution in [3.8, 4) is 0 Å². The molecule has 4 aromatic rings. The fraction of sp³-hybridized carbons (Fsp3) is 0.259. The molecule has 180 valence electrons. The number of quaternary nitrogens is 1. The van der Waals surface area contributed by atoms with Gasteiger partial charge in [-0.2, -0.15) is 0 Å². The molecule has 5 rings (SSSR count). The van der Waals surface area contributed by atoms with E-state index < -0.39 is 0 Å². The van der Waals surface area contributed by atoms with Gasteiger partial charge in [-0.15, -0.1) is 11.3 Å². The number of piperazine rings is 1. The van der Waals surface area contributed by atoms with Crippen molar-refractivity contribution >= 4 is 27.9 Å². The smallest absolute Gasteiger partial charge is 0.291 e. The average Bonchev–Trinajstić information content (AvgIpc) is 3.51. The Hall–Kier alpha value is -3.49. The summed E-state index contributed by atoms with van der Waals surface area (Å²) in [7, 11) is 0. The van der Waals surface area contributed by atoms with E-state index in [2.05, 4.69) is 35.1 Å². The largest absolute Gasteiger partial charge is 0.459 e. The van der Waals surface area contributed by atoms with Crippen LogP contribution in [-0.2, 0) is 0 Å². The number of aromatic nitrogens is 1. The number of benzene rings is 1. The Morgan fingerprint density at radius 2 is 1.94 bits per heavy atom. The van der Waals surface area contributed by atoms with Gasteiger partial charge in [0.2, 0.25) is 0 Å². The molecule has 1 fully saturated rings. The highest BCUT2D eigenvalue weighted by Crippen LogP contribution is 2.38. The van der Waals surface area contributed by atoms with Gasteiger partial charge < -0.3 is 19.5 Å². The summed E-state index contributed by atoms with van der Waals surface area (Å²) < 4.78 is 19.7. The monoisotopic (exact) mass is 491 g/mol. The summed E-state index contributed by atoms with van der Waals surface area (Å²) in [4.78, 5) is 21.9. The number of anilines is 2.